The summed E-state index contributed by atoms with van der Waals surface area (Å²) in [4.78, 5) is 47.5. The van der Waals surface area contributed by atoms with Gasteiger partial charge in [0, 0.05) is 23.3 Å². The highest BCUT2D eigenvalue weighted by Gasteiger charge is 2.33. The predicted octanol–water partition coefficient (Wildman–Crippen LogP) is 3.31. The third-order valence-electron chi connectivity index (χ3n) is 3.91. The van der Waals surface area contributed by atoms with E-state index in [2.05, 4.69) is 0 Å². The normalized spacial score (nSPS) is 10.4. The summed E-state index contributed by atoms with van der Waals surface area (Å²) in [6.45, 7) is 5.00. The average Bonchev–Trinajstić information content (AvgIpc) is 3.07. The molecule has 2 aromatic rings. The van der Waals surface area contributed by atoms with E-state index in [4.69, 9.17) is 18.6 Å². The van der Waals surface area contributed by atoms with Gasteiger partial charge in [-0.1, -0.05) is 0 Å². The Morgan fingerprint density at radius 3 is 2.03 bits per heavy atom. The number of hydrogen-bond acceptors (Lipinski definition) is 9. The maximum Gasteiger partial charge on any atom is 0.374 e. The van der Waals surface area contributed by atoms with Crippen LogP contribution in [0.5, 0.6) is 0 Å². The van der Waals surface area contributed by atoms with Crippen LogP contribution < -0.4 is 0 Å². The molecule has 10 heteroatoms. The summed E-state index contributed by atoms with van der Waals surface area (Å²) in [6, 6.07) is 5.18. The number of nitrogens with zero attached hydrogens (tertiary/aromatic N) is 1. The second kappa shape index (κ2) is 10.2. The number of esters is 3. The van der Waals surface area contributed by atoms with Gasteiger partial charge in [-0.3, -0.25) is 14.9 Å². The topological polar surface area (TPSA) is 135 Å². The molecule has 10 nitrogen and oxygen atoms in total. The Balaban J connectivity index is 2.69. The van der Waals surface area contributed by atoms with E-state index in [1.807, 2.05) is 0 Å². The first-order valence-electron chi connectivity index (χ1n) is 9.24. The van der Waals surface area contributed by atoms with Gasteiger partial charge in [0.2, 0.25) is 5.76 Å². The number of furan rings is 1. The fourth-order valence-electron chi connectivity index (χ4n) is 2.71. The summed E-state index contributed by atoms with van der Waals surface area (Å²) < 4.78 is 20.6. The molecule has 1 heterocycles. The minimum absolute atomic E-state index is 0.0290. The largest absolute Gasteiger partial charge is 0.466 e. The van der Waals surface area contributed by atoms with Crippen LogP contribution in [0.25, 0.3) is 11.3 Å². The summed E-state index contributed by atoms with van der Waals surface area (Å²) >= 11 is 0. The van der Waals surface area contributed by atoms with Crippen LogP contribution in [0.3, 0.4) is 0 Å². The molecule has 0 saturated heterocycles. The van der Waals surface area contributed by atoms with E-state index in [1.54, 1.807) is 20.8 Å². The SMILES string of the molecule is CCOC(=O)Cc1c(C(=O)OCC)oc(-c2ccc([N+](=O)[O-])cc2)c1C(=O)OCC. The first kappa shape index (κ1) is 22.6. The Morgan fingerprint density at radius 1 is 0.933 bits per heavy atom. The molecule has 30 heavy (non-hydrogen) atoms. The Hall–Kier alpha value is -3.69. The summed E-state index contributed by atoms with van der Waals surface area (Å²) in [5.74, 6) is -2.75. The molecule has 160 valence electrons. The van der Waals surface area contributed by atoms with Crippen molar-refractivity contribution in [2.45, 2.75) is 27.2 Å². The third kappa shape index (κ3) is 5.02. The highest BCUT2D eigenvalue weighted by molar-refractivity contribution is 6.03. The van der Waals surface area contributed by atoms with Gasteiger partial charge in [0.1, 0.15) is 11.3 Å². The van der Waals surface area contributed by atoms with Gasteiger partial charge in [-0.15, -0.1) is 0 Å². The van der Waals surface area contributed by atoms with Gasteiger partial charge < -0.3 is 18.6 Å². The summed E-state index contributed by atoms with van der Waals surface area (Å²) in [6.07, 6.45) is -0.424. The van der Waals surface area contributed by atoms with Gasteiger partial charge in [-0.2, -0.15) is 0 Å². The zero-order valence-electron chi connectivity index (χ0n) is 16.8. The number of nitro benzene ring substituents is 1. The van der Waals surface area contributed by atoms with E-state index in [0.29, 0.717) is 0 Å². The first-order valence-corrected chi connectivity index (χ1v) is 9.24. The molecule has 0 radical (unpaired) electrons. The smallest absolute Gasteiger partial charge is 0.374 e. The van der Waals surface area contributed by atoms with Gasteiger partial charge in [0.25, 0.3) is 5.69 Å². The van der Waals surface area contributed by atoms with E-state index in [-0.39, 0.29) is 53.7 Å². The number of carbonyl (C=O) groups is 3. The number of nitro groups is 1. The van der Waals surface area contributed by atoms with Crippen LogP contribution >= 0.6 is 0 Å². The Kier molecular flexibility index (Phi) is 7.68. The number of rotatable bonds is 9. The molecule has 0 saturated carbocycles. The molecule has 0 aliphatic carbocycles. The van der Waals surface area contributed by atoms with E-state index in [1.165, 1.54) is 24.3 Å². The fraction of sp³-hybridized carbons (Fsp3) is 0.350. The molecule has 0 fully saturated rings. The van der Waals surface area contributed by atoms with Crippen LogP contribution in [-0.2, 0) is 25.4 Å². The lowest BCUT2D eigenvalue weighted by Crippen LogP contribution is -2.15. The molecular formula is C20H21NO9. The van der Waals surface area contributed by atoms with Crippen LogP contribution in [0, 0.1) is 10.1 Å². The van der Waals surface area contributed by atoms with Crippen molar-refractivity contribution in [2.75, 3.05) is 19.8 Å². The highest BCUT2D eigenvalue weighted by Crippen LogP contribution is 2.34. The van der Waals surface area contributed by atoms with Crippen LogP contribution in [0.4, 0.5) is 5.69 Å². The molecule has 0 amide bonds. The number of hydrogen-bond donors (Lipinski definition) is 0. The zero-order valence-corrected chi connectivity index (χ0v) is 16.8. The molecule has 0 atom stereocenters. The van der Waals surface area contributed by atoms with E-state index in [0.717, 1.165) is 0 Å². The minimum atomic E-state index is -0.865. The van der Waals surface area contributed by atoms with Gasteiger partial charge in [0.05, 0.1) is 31.2 Å². The second-order valence-electron chi connectivity index (χ2n) is 5.84. The van der Waals surface area contributed by atoms with Crippen molar-refractivity contribution in [3.63, 3.8) is 0 Å². The molecule has 2 rings (SSSR count). The maximum absolute atomic E-state index is 12.7. The standard InChI is InChI=1S/C20H21NO9/c1-4-27-15(22)11-14-16(19(23)28-5-2)17(30-18(14)20(24)29-6-3)12-7-9-13(10-8-12)21(25)26/h7-10H,4-6,11H2,1-3H3. The highest BCUT2D eigenvalue weighted by atomic mass is 16.6. The van der Waals surface area contributed by atoms with E-state index >= 15 is 0 Å². The lowest BCUT2D eigenvalue weighted by molar-refractivity contribution is -0.384. The Morgan fingerprint density at radius 2 is 1.50 bits per heavy atom. The van der Waals surface area contributed by atoms with Crippen LogP contribution in [0.2, 0.25) is 0 Å². The molecule has 0 aliphatic rings. The van der Waals surface area contributed by atoms with Crippen molar-refractivity contribution >= 4 is 23.6 Å². The van der Waals surface area contributed by atoms with Crippen molar-refractivity contribution in [1.82, 2.24) is 0 Å². The monoisotopic (exact) mass is 419 g/mol. The molecule has 0 bridgehead atoms. The summed E-state index contributed by atoms with van der Waals surface area (Å²) in [7, 11) is 0. The molecule has 1 aromatic carbocycles. The Bertz CT molecular complexity index is 944. The first-order chi connectivity index (χ1) is 14.3. The van der Waals surface area contributed by atoms with Gasteiger partial charge in [-0.25, -0.2) is 9.59 Å². The van der Waals surface area contributed by atoms with Crippen LogP contribution in [0.15, 0.2) is 28.7 Å². The molecule has 0 unspecified atom stereocenters. The lowest BCUT2D eigenvalue weighted by Gasteiger charge is -2.07. The van der Waals surface area contributed by atoms with Crippen molar-refractivity contribution in [2.24, 2.45) is 0 Å². The summed E-state index contributed by atoms with van der Waals surface area (Å²) in [5, 5.41) is 10.9. The summed E-state index contributed by atoms with van der Waals surface area (Å²) in [5.41, 5.74) is -0.0508. The lowest BCUT2D eigenvalue weighted by atomic mass is 10.0. The van der Waals surface area contributed by atoms with Gasteiger partial charge in [0.15, 0.2) is 0 Å². The maximum atomic E-state index is 12.7. The Labute approximate surface area is 171 Å². The minimum Gasteiger partial charge on any atom is -0.466 e. The van der Waals surface area contributed by atoms with Crippen molar-refractivity contribution in [3.05, 3.63) is 51.3 Å². The van der Waals surface area contributed by atoms with Crippen molar-refractivity contribution < 1.29 is 37.9 Å². The van der Waals surface area contributed by atoms with Crippen LogP contribution in [0.1, 0.15) is 47.2 Å². The number of ether oxygens (including phenoxy) is 3. The number of benzene rings is 1. The van der Waals surface area contributed by atoms with Crippen LogP contribution in [-0.4, -0.2) is 42.7 Å². The number of carbonyl (C=O) groups excluding carboxylic acids is 3. The van der Waals surface area contributed by atoms with Crippen molar-refractivity contribution in [3.8, 4) is 11.3 Å². The molecule has 1 aromatic heterocycles. The molecular weight excluding hydrogens is 398 g/mol. The van der Waals surface area contributed by atoms with Gasteiger partial charge in [-0.05, 0) is 32.9 Å². The van der Waals surface area contributed by atoms with E-state index in [9.17, 15) is 24.5 Å². The average molecular weight is 419 g/mol. The van der Waals surface area contributed by atoms with Crippen molar-refractivity contribution in [1.29, 1.82) is 0 Å². The second-order valence-corrected chi connectivity index (χ2v) is 5.84. The molecule has 0 N–H and O–H groups in total. The molecule has 0 aliphatic heterocycles. The van der Waals surface area contributed by atoms with Gasteiger partial charge >= 0.3 is 17.9 Å². The number of non-ortho nitro benzene ring substituents is 1. The third-order valence-corrected chi connectivity index (χ3v) is 3.91. The predicted molar refractivity (Wildman–Crippen MR) is 103 cm³/mol. The fourth-order valence-corrected chi connectivity index (χ4v) is 2.71. The van der Waals surface area contributed by atoms with E-state index < -0.39 is 29.3 Å². The zero-order chi connectivity index (χ0) is 22.3. The molecule has 0 spiro atoms. The quantitative estimate of drug-likeness (QED) is 0.259.